The third-order valence-corrected chi connectivity index (χ3v) is 3.86. The van der Waals surface area contributed by atoms with Crippen LogP contribution in [0.4, 0.5) is 0 Å². The zero-order valence-electron chi connectivity index (χ0n) is 15.9. The molecule has 28 heavy (non-hydrogen) atoms. The second kappa shape index (κ2) is 10.7. The highest BCUT2D eigenvalue weighted by Gasteiger charge is 2.09. The summed E-state index contributed by atoms with van der Waals surface area (Å²) in [7, 11) is 1.60. The summed E-state index contributed by atoms with van der Waals surface area (Å²) in [4.78, 5) is 34.8. The molecule has 0 saturated heterocycles. The minimum atomic E-state index is -0.668. The minimum Gasteiger partial charge on any atom is -0.497 e. The van der Waals surface area contributed by atoms with Crippen LogP contribution >= 0.6 is 0 Å². The summed E-state index contributed by atoms with van der Waals surface area (Å²) in [5.41, 5.74) is 1.54. The van der Waals surface area contributed by atoms with Crippen LogP contribution in [0.25, 0.3) is 0 Å². The van der Waals surface area contributed by atoms with Crippen LogP contribution in [-0.2, 0) is 20.7 Å². The number of rotatable bonds is 10. The van der Waals surface area contributed by atoms with E-state index in [1.807, 2.05) is 24.3 Å². The Labute approximate surface area is 163 Å². The van der Waals surface area contributed by atoms with Gasteiger partial charge in [0.1, 0.15) is 11.5 Å². The van der Waals surface area contributed by atoms with Crippen molar-refractivity contribution in [2.45, 2.75) is 13.3 Å². The van der Waals surface area contributed by atoms with Gasteiger partial charge in [-0.3, -0.25) is 9.59 Å². The Morgan fingerprint density at radius 3 is 2.39 bits per heavy atom. The first-order chi connectivity index (χ1) is 13.5. The first kappa shape index (κ1) is 21.0. The Bertz CT molecular complexity index is 816. The first-order valence-corrected chi connectivity index (χ1v) is 8.77. The van der Waals surface area contributed by atoms with E-state index in [0.29, 0.717) is 24.3 Å². The van der Waals surface area contributed by atoms with Crippen molar-refractivity contribution in [3.8, 4) is 11.5 Å². The van der Waals surface area contributed by atoms with Crippen LogP contribution in [0.3, 0.4) is 0 Å². The highest BCUT2D eigenvalue weighted by molar-refractivity contribution is 5.94. The lowest BCUT2D eigenvalue weighted by Crippen LogP contribution is -2.31. The standard InChI is InChI=1S/C21H23NO6/c1-15(23)17-4-3-5-19(12-17)27-14-21(25)28-13-20(24)22-11-10-16-6-8-18(26-2)9-7-16/h3-9,12H,10-11,13-14H2,1-2H3,(H,22,24). The monoisotopic (exact) mass is 385 g/mol. The molecule has 0 unspecified atom stereocenters. The topological polar surface area (TPSA) is 90.9 Å². The second-order valence-corrected chi connectivity index (χ2v) is 5.98. The lowest BCUT2D eigenvalue weighted by molar-refractivity contribution is -0.150. The van der Waals surface area contributed by atoms with Crippen molar-refractivity contribution in [2.75, 3.05) is 26.9 Å². The normalized spacial score (nSPS) is 10.1. The predicted octanol–water partition coefficient (Wildman–Crippen LogP) is 2.18. The average molecular weight is 385 g/mol. The smallest absolute Gasteiger partial charge is 0.344 e. The van der Waals surface area contributed by atoms with E-state index in [1.165, 1.54) is 6.92 Å². The molecule has 2 aromatic carbocycles. The number of hydrogen-bond donors (Lipinski definition) is 1. The summed E-state index contributed by atoms with van der Waals surface area (Å²) in [6.07, 6.45) is 0.652. The summed E-state index contributed by atoms with van der Waals surface area (Å²) in [5, 5.41) is 2.68. The molecule has 0 fully saturated rings. The van der Waals surface area contributed by atoms with Crippen molar-refractivity contribution in [3.05, 3.63) is 59.7 Å². The first-order valence-electron chi connectivity index (χ1n) is 8.77. The number of nitrogens with one attached hydrogen (secondary N) is 1. The van der Waals surface area contributed by atoms with Crippen molar-refractivity contribution < 1.29 is 28.6 Å². The van der Waals surface area contributed by atoms with Gasteiger partial charge in [0.25, 0.3) is 5.91 Å². The van der Waals surface area contributed by atoms with E-state index in [0.717, 1.165) is 11.3 Å². The molecule has 2 aromatic rings. The lowest BCUT2D eigenvalue weighted by atomic mass is 10.1. The van der Waals surface area contributed by atoms with Crippen LogP contribution in [-0.4, -0.2) is 44.5 Å². The maximum absolute atomic E-state index is 11.7. The number of esters is 1. The zero-order chi connectivity index (χ0) is 20.4. The van der Waals surface area contributed by atoms with Gasteiger partial charge in [0.15, 0.2) is 19.0 Å². The van der Waals surface area contributed by atoms with Crippen LogP contribution < -0.4 is 14.8 Å². The molecule has 1 N–H and O–H groups in total. The van der Waals surface area contributed by atoms with E-state index >= 15 is 0 Å². The molecule has 2 rings (SSSR count). The minimum absolute atomic E-state index is 0.0978. The third-order valence-electron chi connectivity index (χ3n) is 3.86. The van der Waals surface area contributed by atoms with Gasteiger partial charge in [-0.2, -0.15) is 0 Å². The van der Waals surface area contributed by atoms with Gasteiger partial charge in [-0.05, 0) is 43.2 Å². The van der Waals surface area contributed by atoms with E-state index in [1.54, 1.807) is 31.4 Å². The van der Waals surface area contributed by atoms with Crippen molar-refractivity contribution in [1.29, 1.82) is 0 Å². The molecule has 0 aromatic heterocycles. The summed E-state index contributed by atoms with van der Waals surface area (Å²) < 4.78 is 15.2. The molecule has 0 spiro atoms. The zero-order valence-corrected chi connectivity index (χ0v) is 15.9. The predicted molar refractivity (Wildman–Crippen MR) is 103 cm³/mol. The van der Waals surface area contributed by atoms with E-state index in [2.05, 4.69) is 5.32 Å². The molecule has 0 aliphatic carbocycles. The number of carbonyl (C=O) groups excluding carboxylic acids is 3. The number of amides is 1. The van der Waals surface area contributed by atoms with Crippen LogP contribution in [0.2, 0.25) is 0 Å². The van der Waals surface area contributed by atoms with Gasteiger partial charge >= 0.3 is 5.97 Å². The summed E-state index contributed by atoms with van der Waals surface area (Å²) in [6.45, 7) is 1.15. The van der Waals surface area contributed by atoms with Crippen molar-refractivity contribution in [1.82, 2.24) is 5.32 Å². The number of methoxy groups -OCH3 is 1. The highest BCUT2D eigenvalue weighted by Crippen LogP contribution is 2.14. The Balaban J connectivity index is 1.64. The van der Waals surface area contributed by atoms with Crippen LogP contribution in [0, 0.1) is 0 Å². The fourth-order valence-corrected chi connectivity index (χ4v) is 2.32. The molecule has 7 heteroatoms. The van der Waals surface area contributed by atoms with Crippen LogP contribution in [0.15, 0.2) is 48.5 Å². The molecule has 148 valence electrons. The summed E-state index contributed by atoms with van der Waals surface area (Å²) >= 11 is 0. The molecular weight excluding hydrogens is 362 g/mol. The Morgan fingerprint density at radius 2 is 1.71 bits per heavy atom. The SMILES string of the molecule is COc1ccc(CCNC(=O)COC(=O)COc2cccc(C(C)=O)c2)cc1. The largest absolute Gasteiger partial charge is 0.497 e. The Hall–Kier alpha value is -3.35. The van der Waals surface area contributed by atoms with Crippen molar-refractivity contribution in [3.63, 3.8) is 0 Å². The van der Waals surface area contributed by atoms with Gasteiger partial charge < -0.3 is 19.5 Å². The van der Waals surface area contributed by atoms with E-state index in [4.69, 9.17) is 14.2 Å². The van der Waals surface area contributed by atoms with Crippen molar-refractivity contribution in [2.24, 2.45) is 0 Å². The third kappa shape index (κ3) is 7.11. The van der Waals surface area contributed by atoms with E-state index in [-0.39, 0.29) is 24.9 Å². The van der Waals surface area contributed by atoms with Crippen LogP contribution in [0.5, 0.6) is 11.5 Å². The van der Waals surface area contributed by atoms with Gasteiger partial charge in [-0.25, -0.2) is 4.79 Å². The number of hydrogen-bond acceptors (Lipinski definition) is 6. The molecule has 0 radical (unpaired) electrons. The van der Waals surface area contributed by atoms with Gasteiger partial charge in [0.05, 0.1) is 7.11 Å². The molecule has 0 saturated carbocycles. The molecular formula is C21H23NO6. The van der Waals surface area contributed by atoms with Crippen molar-refractivity contribution >= 4 is 17.7 Å². The fourth-order valence-electron chi connectivity index (χ4n) is 2.32. The fraction of sp³-hybridized carbons (Fsp3) is 0.286. The Morgan fingerprint density at radius 1 is 0.964 bits per heavy atom. The molecule has 0 aliphatic rings. The van der Waals surface area contributed by atoms with Crippen LogP contribution in [0.1, 0.15) is 22.8 Å². The number of Topliss-reactive ketones (excluding diaryl/α,β-unsaturated/α-hetero) is 1. The van der Waals surface area contributed by atoms with E-state index < -0.39 is 5.97 Å². The average Bonchev–Trinajstić information content (AvgIpc) is 2.71. The van der Waals surface area contributed by atoms with Gasteiger partial charge in [-0.15, -0.1) is 0 Å². The van der Waals surface area contributed by atoms with E-state index in [9.17, 15) is 14.4 Å². The number of ketones is 1. The second-order valence-electron chi connectivity index (χ2n) is 5.98. The number of ether oxygens (including phenoxy) is 3. The molecule has 0 aliphatic heterocycles. The maximum atomic E-state index is 11.7. The molecule has 0 atom stereocenters. The quantitative estimate of drug-likeness (QED) is 0.498. The molecule has 0 bridgehead atoms. The van der Waals surface area contributed by atoms with Gasteiger partial charge in [0, 0.05) is 12.1 Å². The van der Waals surface area contributed by atoms with Gasteiger partial charge in [0.2, 0.25) is 0 Å². The molecule has 7 nitrogen and oxygen atoms in total. The summed E-state index contributed by atoms with van der Waals surface area (Å²) in [6, 6.07) is 14.0. The lowest BCUT2D eigenvalue weighted by Gasteiger charge is -2.09. The van der Waals surface area contributed by atoms with Gasteiger partial charge in [-0.1, -0.05) is 24.3 Å². The number of benzene rings is 2. The summed E-state index contributed by atoms with van der Waals surface area (Å²) in [5.74, 6) is 0.00170. The number of carbonyl (C=O) groups is 3. The Kier molecular flexibility index (Phi) is 8.02. The molecule has 1 amide bonds. The highest BCUT2D eigenvalue weighted by atomic mass is 16.6. The maximum Gasteiger partial charge on any atom is 0.344 e. The molecule has 0 heterocycles.